The number of rotatable bonds is 3. The Kier molecular flexibility index (Phi) is 2.98. The minimum atomic E-state index is -0.146. The topological polar surface area (TPSA) is 64.4 Å². The molecule has 2 aliphatic rings. The Labute approximate surface area is 133 Å². The zero-order valence-electron chi connectivity index (χ0n) is 13.5. The number of nitrogens with zero attached hydrogens (tertiary/aromatic N) is 3. The Bertz CT molecular complexity index is 877. The minimum Gasteiger partial charge on any atom is -0.497 e. The van der Waals surface area contributed by atoms with Gasteiger partial charge in [0, 0.05) is 25.7 Å². The molecule has 2 heterocycles. The van der Waals surface area contributed by atoms with Crippen LogP contribution < -0.4 is 15.2 Å². The quantitative estimate of drug-likeness (QED) is 0.805. The van der Waals surface area contributed by atoms with Gasteiger partial charge in [0.25, 0.3) is 5.56 Å². The largest absolute Gasteiger partial charge is 0.497 e. The van der Waals surface area contributed by atoms with Crippen molar-refractivity contribution in [3.05, 3.63) is 28.0 Å². The SMILES string of the molecule is COc1cc(C(C)=O)c2nc(N3CC4CC4C3)n(C)c(=O)c2c1. The van der Waals surface area contributed by atoms with Crippen LogP contribution in [-0.4, -0.2) is 35.5 Å². The van der Waals surface area contributed by atoms with Gasteiger partial charge in [-0.3, -0.25) is 14.2 Å². The van der Waals surface area contributed by atoms with Gasteiger partial charge >= 0.3 is 0 Å². The van der Waals surface area contributed by atoms with Crippen molar-refractivity contribution in [1.82, 2.24) is 9.55 Å². The van der Waals surface area contributed by atoms with Crippen LogP contribution in [0, 0.1) is 11.8 Å². The number of carbonyl (C=O) groups is 1. The van der Waals surface area contributed by atoms with Crippen LogP contribution in [-0.2, 0) is 7.05 Å². The smallest absolute Gasteiger partial charge is 0.262 e. The zero-order chi connectivity index (χ0) is 16.3. The average molecular weight is 313 g/mol. The molecule has 1 saturated heterocycles. The number of ketones is 1. The lowest BCUT2D eigenvalue weighted by molar-refractivity contribution is 0.101. The third kappa shape index (κ3) is 2.12. The maximum absolute atomic E-state index is 12.8. The van der Waals surface area contributed by atoms with Crippen molar-refractivity contribution < 1.29 is 9.53 Å². The van der Waals surface area contributed by atoms with Crippen molar-refractivity contribution in [1.29, 1.82) is 0 Å². The molecule has 1 aromatic carbocycles. The lowest BCUT2D eigenvalue weighted by Gasteiger charge is -2.22. The lowest BCUT2D eigenvalue weighted by Crippen LogP contribution is -2.31. The summed E-state index contributed by atoms with van der Waals surface area (Å²) in [5, 5.41) is 0.421. The van der Waals surface area contributed by atoms with Crippen LogP contribution in [0.25, 0.3) is 10.9 Å². The highest BCUT2D eigenvalue weighted by Crippen LogP contribution is 2.45. The van der Waals surface area contributed by atoms with Gasteiger partial charge in [-0.25, -0.2) is 4.98 Å². The predicted molar refractivity (Wildman–Crippen MR) is 87.4 cm³/mol. The average Bonchev–Trinajstić information content (AvgIpc) is 3.15. The summed E-state index contributed by atoms with van der Waals surface area (Å²) < 4.78 is 6.80. The van der Waals surface area contributed by atoms with E-state index in [-0.39, 0.29) is 11.3 Å². The fourth-order valence-electron chi connectivity index (χ4n) is 3.57. The van der Waals surface area contributed by atoms with E-state index in [1.807, 2.05) is 0 Å². The van der Waals surface area contributed by atoms with E-state index in [2.05, 4.69) is 9.88 Å². The summed E-state index contributed by atoms with van der Waals surface area (Å²) in [6.45, 7) is 3.38. The predicted octanol–water partition coefficient (Wildman–Crippen LogP) is 1.60. The molecule has 1 aromatic heterocycles. The summed E-state index contributed by atoms with van der Waals surface area (Å²) in [4.78, 5) is 31.6. The zero-order valence-corrected chi connectivity index (χ0v) is 13.5. The van der Waals surface area contributed by atoms with E-state index >= 15 is 0 Å². The molecule has 0 amide bonds. The minimum absolute atomic E-state index is 0.120. The third-order valence-electron chi connectivity index (χ3n) is 5.01. The van der Waals surface area contributed by atoms with E-state index in [1.165, 1.54) is 20.5 Å². The fraction of sp³-hybridized carbons (Fsp3) is 0.471. The van der Waals surface area contributed by atoms with Gasteiger partial charge in [0.2, 0.25) is 5.95 Å². The number of hydrogen-bond acceptors (Lipinski definition) is 5. The van der Waals surface area contributed by atoms with E-state index < -0.39 is 0 Å². The van der Waals surface area contributed by atoms with E-state index in [0.717, 1.165) is 24.9 Å². The number of carbonyl (C=O) groups excluding carboxylic acids is 1. The Morgan fingerprint density at radius 2 is 2.00 bits per heavy atom. The van der Waals surface area contributed by atoms with E-state index in [1.54, 1.807) is 23.7 Å². The highest BCUT2D eigenvalue weighted by molar-refractivity contribution is 6.06. The molecule has 4 rings (SSSR count). The van der Waals surface area contributed by atoms with Crippen LogP contribution >= 0.6 is 0 Å². The summed E-state index contributed by atoms with van der Waals surface area (Å²) in [5.74, 6) is 2.51. The highest BCUT2D eigenvalue weighted by Gasteiger charge is 2.46. The number of anilines is 1. The number of fused-ring (bicyclic) bond motifs is 2. The van der Waals surface area contributed by atoms with Gasteiger partial charge in [-0.2, -0.15) is 0 Å². The molecule has 2 atom stereocenters. The number of methoxy groups -OCH3 is 1. The molecule has 6 heteroatoms. The van der Waals surface area contributed by atoms with Crippen LogP contribution in [0.2, 0.25) is 0 Å². The van der Waals surface area contributed by atoms with Crippen LogP contribution in [0.3, 0.4) is 0 Å². The van der Waals surface area contributed by atoms with Gasteiger partial charge in [0.15, 0.2) is 5.78 Å². The van der Waals surface area contributed by atoms with Gasteiger partial charge in [-0.05, 0) is 37.3 Å². The Morgan fingerprint density at radius 1 is 1.30 bits per heavy atom. The van der Waals surface area contributed by atoms with Crippen molar-refractivity contribution in [2.45, 2.75) is 13.3 Å². The van der Waals surface area contributed by atoms with Crippen molar-refractivity contribution in [3.8, 4) is 5.75 Å². The monoisotopic (exact) mass is 313 g/mol. The van der Waals surface area contributed by atoms with Crippen molar-refractivity contribution in [2.24, 2.45) is 18.9 Å². The van der Waals surface area contributed by atoms with Gasteiger partial charge in [0.05, 0.1) is 18.0 Å². The molecule has 1 aliphatic heterocycles. The second-order valence-corrected chi connectivity index (χ2v) is 6.56. The first-order chi connectivity index (χ1) is 11.0. The van der Waals surface area contributed by atoms with Crippen LogP contribution in [0.4, 0.5) is 5.95 Å². The number of hydrogen-bond donors (Lipinski definition) is 0. The van der Waals surface area contributed by atoms with Gasteiger partial charge in [0.1, 0.15) is 5.75 Å². The van der Waals surface area contributed by atoms with Crippen LogP contribution in [0.15, 0.2) is 16.9 Å². The number of ether oxygens (including phenoxy) is 1. The summed E-state index contributed by atoms with van der Waals surface area (Å²) in [6, 6.07) is 3.31. The summed E-state index contributed by atoms with van der Waals surface area (Å²) in [5.41, 5.74) is 0.756. The summed E-state index contributed by atoms with van der Waals surface area (Å²) in [7, 11) is 3.26. The second kappa shape index (κ2) is 4.81. The molecule has 2 unspecified atom stereocenters. The molecule has 2 aromatic rings. The number of Topliss-reactive ketones (excluding diaryl/α,β-unsaturated/α-hetero) is 1. The van der Waals surface area contributed by atoms with E-state index in [9.17, 15) is 9.59 Å². The number of piperidine rings is 1. The fourth-order valence-corrected chi connectivity index (χ4v) is 3.57. The maximum atomic E-state index is 12.8. The molecular weight excluding hydrogens is 294 g/mol. The molecule has 1 aliphatic carbocycles. The molecule has 0 spiro atoms. The second-order valence-electron chi connectivity index (χ2n) is 6.56. The molecule has 0 radical (unpaired) electrons. The van der Waals surface area contributed by atoms with Gasteiger partial charge < -0.3 is 9.64 Å². The molecule has 1 saturated carbocycles. The Morgan fingerprint density at radius 3 is 2.61 bits per heavy atom. The van der Waals surface area contributed by atoms with Crippen molar-refractivity contribution in [2.75, 3.05) is 25.1 Å². The van der Waals surface area contributed by atoms with Crippen LogP contribution in [0.5, 0.6) is 5.75 Å². The van der Waals surface area contributed by atoms with Gasteiger partial charge in [-0.1, -0.05) is 0 Å². The first-order valence-electron chi connectivity index (χ1n) is 7.84. The van der Waals surface area contributed by atoms with Crippen LogP contribution in [0.1, 0.15) is 23.7 Å². The highest BCUT2D eigenvalue weighted by atomic mass is 16.5. The Balaban J connectivity index is 1.96. The number of aromatic nitrogens is 2. The first kappa shape index (κ1) is 14.2. The lowest BCUT2D eigenvalue weighted by atomic mass is 10.1. The Hall–Kier alpha value is -2.37. The first-order valence-corrected chi connectivity index (χ1v) is 7.84. The summed E-state index contributed by atoms with van der Waals surface area (Å²) >= 11 is 0. The van der Waals surface area contributed by atoms with Crippen molar-refractivity contribution in [3.63, 3.8) is 0 Å². The normalized spacial score (nSPS) is 22.3. The molecule has 0 N–H and O–H groups in total. The molecule has 6 nitrogen and oxygen atoms in total. The molecular formula is C17H19N3O3. The maximum Gasteiger partial charge on any atom is 0.262 e. The molecule has 23 heavy (non-hydrogen) atoms. The third-order valence-corrected chi connectivity index (χ3v) is 5.01. The molecule has 0 bridgehead atoms. The standard InChI is InChI=1S/C17H19N3O3/c1-9(21)13-5-12(23-3)6-14-15(13)18-17(19(2)16(14)22)20-7-10-4-11(10)8-20/h5-6,10-11H,4,7-8H2,1-3H3. The number of benzene rings is 1. The van der Waals surface area contributed by atoms with E-state index in [0.29, 0.717) is 28.2 Å². The van der Waals surface area contributed by atoms with Crippen molar-refractivity contribution >= 4 is 22.6 Å². The van der Waals surface area contributed by atoms with Gasteiger partial charge in [-0.15, -0.1) is 0 Å². The summed E-state index contributed by atoms with van der Waals surface area (Å²) in [6.07, 6.45) is 1.29. The molecule has 2 fully saturated rings. The van der Waals surface area contributed by atoms with E-state index in [4.69, 9.17) is 4.74 Å². The molecule has 120 valence electrons.